The van der Waals surface area contributed by atoms with E-state index in [-0.39, 0.29) is 18.4 Å². The number of halogens is 1. The van der Waals surface area contributed by atoms with Gasteiger partial charge in [-0.05, 0) is 56.0 Å². The van der Waals surface area contributed by atoms with E-state index in [2.05, 4.69) is 29.1 Å². The Morgan fingerprint density at radius 1 is 1.19 bits per heavy atom. The van der Waals surface area contributed by atoms with Gasteiger partial charge in [0, 0.05) is 22.6 Å². The normalized spacial score (nSPS) is 12.6. The molecular formula is C23H23ClN4O3. The minimum absolute atomic E-state index is 0.0747. The summed E-state index contributed by atoms with van der Waals surface area (Å²) in [6.07, 6.45) is 0.0869. The fourth-order valence-corrected chi connectivity index (χ4v) is 3.94. The number of carbonyl (C=O) groups is 1. The fourth-order valence-electron chi connectivity index (χ4n) is 3.70. The molecule has 160 valence electrons. The van der Waals surface area contributed by atoms with Gasteiger partial charge in [-0.2, -0.15) is 10.1 Å². The second-order valence-electron chi connectivity index (χ2n) is 8.06. The summed E-state index contributed by atoms with van der Waals surface area (Å²) in [4.78, 5) is 15.6. The zero-order chi connectivity index (χ0) is 22.3. The third-order valence-electron chi connectivity index (χ3n) is 5.36. The summed E-state index contributed by atoms with van der Waals surface area (Å²) >= 11 is 6.34. The molecule has 2 aromatic heterocycles. The van der Waals surface area contributed by atoms with E-state index in [1.807, 2.05) is 54.9 Å². The van der Waals surface area contributed by atoms with Crippen molar-refractivity contribution < 1.29 is 14.4 Å². The summed E-state index contributed by atoms with van der Waals surface area (Å²) in [5.74, 6) is -0.00986. The lowest BCUT2D eigenvalue weighted by Crippen LogP contribution is -2.03. The van der Waals surface area contributed by atoms with E-state index >= 15 is 0 Å². The molecule has 0 amide bonds. The molecule has 2 aromatic carbocycles. The van der Waals surface area contributed by atoms with Crippen molar-refractivity contribution >= 4 is 28.5 Å². The van der Waals surface area contributed by atoms with E-state index in [1.165, 1.54) is 0 Å². The third-order valence-corrected chi connectivity index (χ3v) is 5.64. The van der Waals surface area contributed by atoms with Crippen LogP contribution in [0.25, 0.3) is 33.7 Å². The Balaban J connectivity index is 1.65. The highest BCUT2D eigenvalue weighted by Crippen LogP contribution is 2.32. The minimum atomic E-state index is -0.812. The number of carboxylic acid groups (broad SMARTS) is 1. The highest BCUT2D eigenvalue weighted by molar-refractivity contribution is 6.34. The molecule has 0 spiro atoms. The van der Waals surface area contributed by atoms with Crippen LogP contribution >= 0.6 is 11.6 Å². The molecule has 0 aliphatic heterocycles. The van der Waals surface area contributed by atoms with Gasteiger partial charge in [0.2, 0.25) is 5.82 Å². The van der Waals surface area contributed by atoms with Gasteiger partial charge >= 0.3 is 5.97 Å². The van der Waals surface area contributed by atoms with Gasteiger partial charge in [0.05, 0.1) is 11.9 Å². The lowest BCUT2D eigenvalue weighted by molar-refractivity contribution is -0.137. The zero-order valence-corrected chi connectivity index (χ0v) is 18.5. The average molecular weight is 439 g/mol. The number of carboxylic acids is 1. The molecule has 4 rings (SSSR count). The summed E-state index contributed by atoms with van der Waals surface area (Å²) < 4.78 is 7.41. The van der Waals surface area contributed by atoms with Gasteiger partial charge in [-0.1, -0.05) is 41.9 Å². The second kappa shape index (κ2) is 8.15. The predicted molar refractivity (Wildman–Crippen MR) is 119 cm³/mol. The van der Waals surface area contributed by atoms with Crippen molar-refractivity contribution in [1.82, 2.24) is 19.9 Å². The number of fused-ring (bicyclic) bond motifs is 1. The highest BCUT2D eigenvalue weighted by atomic mass is 35.5. The Morgan fingerprint density at radius 2 is 1.97 bits per heavy atom. The maximum Gasteiger partial charge on any atom is 0.303 e. The molecule has 8 heteroatoms. The lowest BCUT2D eigenvalue weighted by Gasteiger charge is -2.11. The van der Waals surface area contributed by atoms with Crippen LogP contribution in [-0.2, 0) is 4.79 Å². The van der Waals surface area contributed by atoms with Crippen LogP contribution in [0.2, 0.25) is 5.15 Å². The first-order valence-corrected chi connectivity index (χ1v) is 10.5. The summed E-state index contributed by atoms with van der Waals surface area (Å²) in [6, 6.07) is 11.8. The van der Waals surface area contributed by atoms with Crippen LogP contribution in [0.1, 0.15) is 50.3 Å². The van der Waals surface area contributed by atoms with Crippen LogP contribution < -0.4 is 0 Å². The predicted octanol–water partition coefficient (Wildman–Crippen LogP) is 5.87. The van der Waals surface area contributed by atoms with E-state index in [4.69, 9.17) is 21.2 Å². The van der Waals surface area contributed by atoms with Gasteiger partial charge in [-0.25, -0.2) is 0 Å². The summed E-state index contributed by atoms with van der Waals surface area (Å²) in [5.41, 5.74) is 4.48. The van der Waals surface area contributed by atoms with Crippen LogP contribution in [0.3, 0.4) is 0 Å². The molecule has 1 N–H and O–H groups in total. The van der Waals surface area contributed by atoms with Crippen LogP contribution in [0.5, 0.6) is 0 Å². The van der Waals surface area contributed by atoms with E-state index in [0.717, 1.165) is 33.2 Å². The van der Waals surface area contributed by atoms with Crippen molar-refractivity contribution in [3.8, 4) is 22.8 Å². The van der Waals surface area contributed by atoms with E-state index in [9.17, 15) is 4.79 Å². The Bertz CT molecular complexity index is 1280. The van der Waals surface area contributed by atoms with Crippen LogP contribution in [0.4, 0.5) is 0 Å². The number of hydrogen-bond acceptors (Lipinski definition) is 5. The van der Waals surface area contributed by atoms with Crippen LogP contribution in [0, 0.1) is 6.92 Å². The van der Waals surface area contributed by atoms with E-state index in [1.54, 1.807) is 0 Å². The molecule has 0 aliphatic carbocycles. The maximum absolute atomic E-state index is 11.0. The number of rotatable bonds is 6. The zero-order valence-electron chi connectivity index (χ0n) is 17.8. The van der Waals surface area contributed by atoms with Gasteiger partial charge in [0.1, 0.15) is 0 Å². The molecular weight excluding hydrogens is 416 g/mol. The molecule has 4 aromatic rings. The Labute approximate surface area is 184 Å². The Morgan fingerprint density at radius 3 is 2.65 bits per heavy atom. The molecule has 0 saturated carbocycles. The number of nitrogens with zero attached hydrogens (tertiary/aromatic N) is 4. The SMILES string of the molecule is Cc1cc(C(C)CC(=O)O)ccc1-c1noc(-c2ccc3c(c2)c(Cl)nn3C(C)C)n1. The number of aromatic nitrogens is 4. The summed E-state index contributed by atoms with van der Waals surface area (Å²) in [6.45, 7) is 7.96. The molecule has 0 bridgehead atoms. The van der Waals surface area contributed by atoms with Gasteiger partial charge < -0.3 is 9.63 Å². The largest absolute Gasteiger partial charge is 0.481 e. The summed E-state index contributed by atoms with van der Waals surface area (Å²) in [7, 11) is 0. The van der Waals surface area contributed by atoms with Gasteiger partial charge in [-0.3, -0.25) is 9.48 Å². The number of aryl methyl sites for hydroxylation is 1. The van der Waals surface area contributed by atoms with Crippen molar-refractivity contribution in [2.24, 2.45) is 0 Å². The molecule has 31 heavy (non-hydrogen) atoms. The fraction of sp³-hybridized carbons (Fsp3) is 0.304. The molecule has 0 saturated heterocycles. The van der Waals surface area contributed by atoms with Gasteiger partial charge in [0.15, 0.2) is 5.15 Å². The Hall–Kier alpha value is -3.19. The van der Waals surface area contributed by atoms with Crippen molar-refractivity contribution in [2.45, 2.75) is 46.1 Å². The molecule has 1 atom stereocenters. The number of aliphatic carboxylic acids is 1. The standard InChI is InChI=1S/C23H23ClN4O3/c1-12(2)28-19-8-6-16(11-18(19)21(24)26-28)23-25-22(27-31-23)17-7-5-15(9-14(17)4)13(3)10-20(29)30/h5-9,11-13H,10H2,1-4H3,(H,29,30). The van der Waals surface area contributed by atoms with Crippen molar-refractivity contribution in [1.29, 1.82) is 0 Å². The van der Waals surface area contributed by atoms with Crippen molar-refractivity contribution in [3.05, 3.63) is 52.7 Å². The van der Waals surface area contributed by atoms with Crippen LogP contribution in [-0.4, -0.2) is 31.0 Å². The quantitative estimate of drug-likeness (QED) is 0.404. The van der Waals surface area contributed by atoms with E-state index < -0.39 is 5.97 Å². The molecule has 0 radical (unpaired) electrons. The van der Waals surface area contributed by atoms with Gasteiger partial charge in [0.25, 0.3) is 5.89 Å². The minimum Gasteiger partial charge on any atom is -0.481 e. The lowest BCUT2D eigenvalue weighted by atomic mass is 9.94. The Kier molecular flexibility index (Phi) is 5.54. The first kappa shape index (κ1) is 21.1. The van der Waals surface area contributed by atoms with E-state index in [0.29, 0.717) is 16.9 Å². The van der Waals surface area contributed by atoms with Crippen LogP contribution in [0.15, 0.2) is 40.9 Å². The smallest absolute Gasteiger partial charge is 0.303 e. The first-order valence-electron chi connectivity index (χ1n) is 10.1. The monoisotopic (exact) mass is 438 g/mol. The molecule has 0 aliphatic rings. The average Bonchev–Trinajstić information content (AvgIpc) is 3.32. The second-order valence-corrected chi connectivity index (χ2v) is 8.42. The maximum atomic E-state index is 11.0. The summed E-state index contributed by atoms with van der Waals surface area (Å²) in [5, 5.41) is 18.9. The number of hydrogen-bond donors (Lipinski definition) is 1. The molecule has 0 fully saturated rings. The third kappa shape index (κ3) is 4.05. The first-order chi connectivity index (χ1) is 14.7. The molecule has 1 unspecified atom stereocenters. The van der Waals surface area contributed by atoms with Crippen molar-refractivity contribution in [3.63, 3.8) is 0 Å². The topological polar surface area (TPSA) is 94.0 Å². The number of benzene rings is 2. The van der Waals surface area contributed by atoms with Gasteiger partial charge in [-0.15, -0.1) is 0 Å². The molecule has 2 heterocycles. The molecule has 7 nitrogen and oxygen atoms in total. The van der Waals surface area contributed by atoms with Crippen molar-refractivity contribution in [2.75, 3.05) is 0 Å². The highest BCUT2D eigenvalue weighted by Gasteiger charge is 2.17.